The third-order valence-corrected chi connectivity index (χ3v) is 6.24. The van der Waals surface area contributed by atoms with Crippen LogP contribution in [0, 0.1) is 0 Å². The van der Waals surface area contributed by atoms with E-state index in [9.17, 15) is 4.79 Å². The van der Waals surface area contributed by atoms with Gasteiger partial charge in [-0.2, -0.15) is 0 Å². The van der Waals surface area contributed by atoms with Crippen LogP contribution in [0.3, 0.4) is 0 Å². The zero-order valence-corrected chi connectivity index (χ0v) is 15.8. The van der Waals surface area contributed by atoms with Crippen LogP contribution in [0.4, 0.5) is 5.13 Å². The first-order chi connectivity index (χ1) is 12.2. The first-order valence-corrected chi connectivity index (χ1v) is 10.2. The fraction of sp³-hybridized carbons (Fsp3) is 0.353. The standard InChI is InChI=1S/C17H19N5OS2/c1-20-6-5-18-15(20)16(23)21-7-9-22(10-8-21)17-19-13-4-3-12(24-2)11-14(13)25-17/h3-6,11H,7-10H2,1-2H3. The van der Waals surface area contributed by atoms with Crippen LogP contribution in [0.25, 0.3) is 10.2 Å². The van der Waals surface area contributed by atoms with Gasteiger partial charge in [0.05, 0.1) is 10.2 Å². The van der Waals surface area contributed by atoms with E-state index >= 15 is 0 Å². The van der Waals surface area contributed by atoms with Gasteiger partial charge in [-0.05, 0) is 24.5 Å². The number of carbonyl (C=O) groups is 1. The number of nitrogens with zero attached hydrogens (tertiary/aromatic N) is 5. The zero-order valence-electron chi connectivity index (χ0n) is 14.2. The van der Waals surface area contributed by atoms with Gasteiger partial charge < -0.3 is 14.4 Å². The van der Waals surface area contributed by atoms with Crippen molar-refractivity contribution < 1.29 is 4.79 Å². The number of thiazole rings is 1. The molecule has 0 radical (unpaired) electrons. The van der Waals surface area contributed by atoms with E-state index in [-0.39, 0.29) is 5.91 Å². The lowest BCUT2D eigenvalue weighted by molar-refractivity contribution is 0.0731. The van der Waals surface area contributed by atoms with Crippen molar-refractivity contribution in [3.05, 3.63) is 36.4 Å². The number of amides is 1. The van der Waals surface area contributed by atoms with Gasteiger partial charge in [-0.25, -0.2) is 9.97 Å². The molecule has 1 fully saturated rings. The molecule has 130 valence electrons. The van der Waals surface area contributed by atoms with Crippen LogP contribution in [0.5, 0.6) is 0 Å². The number of fused-ring (bicyclic) bond motifs is 1. The van der Waals surface area contributed by atoms with Gasteiger partial charge in [-0.15, -0.1) is 11.8 Å². The first kappa shape index (κ1) is 16.4. The summed E-state index contributed by atoms with van der Waals surface area (Å²) in [7, 11) is 1.85. The first-order valence-electron chi connectivity index (χ1n) is 8.12. The van der Waals surface area contributed by atoms with Crippen LogP contribution < -0.4 is 4.90 Å². The van der Waals surface area contributed by atoms with Crippen molar-refractivity contribution in [2.45, 2.75) is 4.90 Å². The topological polar surface area (TPSA) is 54.3 Å². The van der Waals surface area contributed by atoms with Crippen LogP contribution in [0.15, 0.2) is 35.5 Å². The van der Waals surface area contributed by atoms with Crippen molar-refractivity contribution in [1.82, 2.24) is 19.4 Å². The molecule has 0 saturated carbocycles. The second kappa shape index (κ2) is 6.68. The van der Waals surface area contributed by atoms with Crippen LogP contribution in [-0.2, 0) is 7.05 Å². The summed E-state index contributed by atoms with van der Waals surface area (Å²) in [5.74, 6) is 0.499. The number of thioether (sulfide) groups is 1. The zero-order chi connectivity index (χ0) is 17.4. The molecule has 1 saturated heterocycles. The molecular weight excluding hydrogens is 354 g/mol. The molecule has 3 aromatic rings. The highest BCUT2D eigenvalue weighted by atomic mass is 32.2. The van der Waals surface area contributed by atoms with Gasteiger partial charge in [0, 0.05) is 50.5 Å². The molecule has 1 aliphatic heterocycles. The van der Waals surface area contributed by atoms with Gasteiger partial charge in [-0.1, -0.05) is 11.3 Å². The Hall–Kier alpha value is -2.06. The van der Waals surface area contributed by atoms with Crippen LogP contribution >= 0.6 is 23.1 Å². The number of aryl methyl sites for hydroxylation is 1. The molecule has 4 rings (SSSR count). The summed E-state index contributed by atoms with van der Waals surface area (Å²) in [5, 5.41) is 1.04. The molecule has 1 aromatic carbocycles. The molecule has 1 aliphatic rings. The average Bonchev–Trinajstić information content (AvgIpc) is 3.26. The molecule has 8 heteroatoms. The summed E-state index contributed by atoms with van der Waals surface area (Å²) in [6, 6.07) is 6.39. The van der Waals surface area contributed by atoms with Crippen molar-refractivity contribution in [2.24, 2.45) is 7.05 Å². The van der Waals surface area contributed by atoms with E-state index in [1.165, 1.54) is 9.60 Å². The minimum absolute atomic E-state index is 0.000984. The second-order valence-corrected chi connectivity index (χ2v) is 7.86. The Morgan fingerprint density at radius 3 is 2.72 bits per heavy atom. The molecular formula is C17H19N5OS2. The van der Waals surface area contributed by atoms with E-state index in [0.29, 0.717) is 18.9 Å². The van der Waals surface area contributed by atoms with Gasteiger partial charge in [0.2, 0.25) is 0 Å². The lowest BCUT2D eigenvalue weighted by Gasteiger charge is -2.34. The largest absolute Gasteiger partial charge is 0.345 e. The number of piperazine rings is 1. The fourth-order valence-electron chi connectivity index (χ4n) is 2.97. The summed E-state index contributed by atoms with van der Waals surface area (Å²) >= 11 is 3.47. The molecule has 0 aliphatic carbocycles. The number of hydrogen-bond donors (Lipinski definition) is 0. The summed E-state index contributed by atoms with van der Waals surface area (Å²) in [4.78, 5) is 26.9. The lowest BCUT2D eigenvalue weighted by atomic mass is 10.3. The Balaban J connectivity index is 1.46. The second-order valence-electron chi connectivity index (χ2n) is 5.97. The van der Waals surface area contributed by atoms with Crippen molar-refractivity contribution in [3.63, 3.8) is 0 Å². The maximum absolute atomic E-state index is 12.5. The molecule has 0 unspecified atom stereocenters. The fourth-order valence-corrected chi connectivity index (χ4v) is 4.54. The number of rotatable bonds is 3. The average molecular weight is 374 g/mol. The van der Waals surface area contributed by atoms with Crippen molar-refractivity contribution in [3.8, 4) is 0 Å². The summed E-state index contributed by atoms with van der Waals surface area (Å²) in [6.07, 6.45) is 5.54. The smallest absolute Gasteiger partial charge is 0.289 e. The number of anilines is 1. The van der Waals surface area contributed by atoms with Crippen LogP contribution in [0.2, 0.25) is 0 Å². The van der Waals surface area contributed by atoms with Crippen molar-refractivity contribution in [2.75, 3.05) is 37.3 Å². The van der Waals surface area contributed by atoms with E-state index in [1.54, 1.807) is 40.1 Å². The van der Waals surface area contributed by atoms with Crippen LogP contribution in [0.1, 0.15) is 10.6 Å². The molecule has 3 heterocycles. The number of hydrogen-bond acceptors (Lipinski definition) is 6. The Bertz CT molecular complexity index is 911. The Morgan fingerprint density at radius 2 is 2.04 bits per heavy atom. The van der Waals surface area contributed by atoms with E-state index in [0.717, 1.165) is 23.7 Å². The molecule has 25 heavy (non-hydrogen) atoms. The van der Waals surface area contributed by atoms with Gasteiger partial charge in [0.1, 0.15) is 0 Å². The minimum atomic E-state index is 0.000984. The normalized spacial score (nSPS) is 15.1. The summed E-state index contributed by atoms with van der Waals surface area (Å²) in [5.41, 5.74) is 1.05. The van der Waals surface area contributed by atoms with Crippen molar-refractivity contribution >= 4 is 44.4 Å². The Kier molecular flexibility index (Phi) is 4.39. The Morgan fingerprint density at radius 1 is 1.24 bits per heavy atom. The quantitative estimate of drug-likeness (QED) is 0.661. The van der Waals surface area contributed by atoms with E-state index in [2.05, 4.69) is 34.3 Å². The molecule has 0 spiro atoms. The monoisotopic (exact) mass is 373 g/mol. The van der Waals surface area contributed by atoms with E-state index in [4.69, 9.17) is 4.98 Å². The molecule has 0 bridgehead atoms. The highest BCUT2D eigenvalue weighted by molar-refractivity contribution is 7.98. The van der Waals surface area contributed by atoms with Crippen molar-refractivity contribution in [1.29, 1.82) is 0 Å². The molecule has 1 amide bonds. The number of imidazole rings is 1. The molecule has 0 atom stereocenters. The Labute approximate surface area is 154 Å². The molecule has 6 nitrogen and oxygen atoms in total. The summed E-state index contributed by atoms with van der Waals surface area (Å²) in [6.45, 7) is 2.98. The number of aromatic nitrogens is 3. The van der Waals surface area contributed by atoms with Gasteiger partial charge in [0.15, 0.2) is 11.0 Å². The highest BCUT2D eigenvalue weighted by Crippen LogP contribution is 2.32. The van der Waals surface area contributed by atoms with Gasteiger partial charge in [0.25, 0.3) is 5.91 Å². The predicted molar refractivity (Wildman–Crippen MR) is 103 cm³/mol. The third kappa shape index (κ3) is 3.11. The van der Waals surface area contributed by atoms with E-state index in [1.807, 2.05) is 11.9 Å². The minimum Gasteiger partial charge on any atom is -0.345 e. The maximum Gasteiger partial charge on any atom is 0.289 e. The highest BCUT2D eigenvalue weighted by Gasteiger charge is 2.25. The molecule has 0 N–H and O–H groups in total. The number of benzene rings is 1. The maximum atomic E-state index is 12.5. The van der Waals surface area contributed by atoms with Crippen LogP contribution in [-0.4, -0.2) is 57.8 Å². The van der Waals surface area contributed by atoms with Gasteiger partial charge >= 0.3 is 0 Å². The molecule has 2 aromatic heterocycles. The third-order valence-electron chi connectivity index (χ3n) is 4.43. The summed E-state index contributed by atoms with van der Waals surface area (Å²) < 4.78 is 2.99. The number of carbonyl (C=O) groups excluding carboxylic acids is 1. The van der Waals surface area contributed by atoms with E-state index < -0.39 is 0 Å². The van der Waals surface area contributed by atoms with Gasteiger partial charge in [-0.3, -0.25) is 4.79 Å². The lowest BCUT2D eigenvalue weighted by Crippen LogP contribution is -2.49. The SMILES string of the molecule is CSc1ccc2nc(N3CCN(C(=O)c4nccn4C)CC3)sc2c1. The predicted octanol–water partition coefficient (Wildman–Crippen LogP) is 2.71.